The van der Waals surface area contributed by atoms with E-state index in [1.807, 2.05) is 0 Å². The van der Waals surface area contributed by atoms with Crippen LogP contribution in [0.3, 0.4) is 0 Å². The van der Waals surface area contributed by atoms with Crippen molar-refractivity contribution in [3.63, 3.8) is 0 Å². The Kier molecular flexibility index (Phi) is 6.08. The highest BCUT2D eigenvalue weighted by molar-refractivity contribution is 7.99. The average Bonchev–Trinajstić information content (AvgIpc) is 2.32. The van der Waals surface area contributed by atoms with Gasteiger partial charge in [-0.1, -0.05) is 17.7 Å². The zero-order valence-electron chi connectivity index (χ0n) is 10.3. The molecule has 4 heteroatoms. The smallest absolute Gasteiger partial charge is 0.223 e. The number of nitrogens with zero attached hydrogens (tertiary/aromatic N) is 1. The molecular formula is C13H19NO2S. The van der Waals surface area contributed by atoms with Gasteiger partial charge in [0.1, 0.15) is 0 Å². The molecule has 1 aromatic carbocycles. The maximum Gasteiger partial charge on any atom is 0.223 e. The van der Waals surface area contributed by atoms with E-state index >= 15 is 0 Å². The average molecular weight is 253 g/mol. The van der Waals surface area contributed by atoms with Gasteiger partial charge in [0.2, 0.25) is 5.91 Å². The highest BCUT2D eigenvalue weighted by atomic mass is 32.2. The summed E-state index contributed by atoms with van der Waals surface area (Å²) < 4.78 is 0. The van der Waals surface area contributed by atoms with Crippen LogP contribution in [0.2, 0.25) is 0 Å². The molecule has 0 aliphatic carbocycles. The molecule has 0 fully saturated rings. The van der Waals surface area contributed by atoms with Gasteiger partial charge >= 0.3 is 0 Å². The quantitative estimate of drug-likeness (QED) is 0.788. The maximum absolute atomic E-state index is 11.6. The normalized spacial score (nSPS) is 10.3. The molecule has 0 unspecified atom stereocenters. The molecule has 0 aromatic heterocycles. The first-order valence-electron chi connectivity index (χ1n) is 5.68. The molecule has 0 saturated carbocycles. The molecule has 0 spiro atoms. The molecule has 1 amide bonds. The van der Waals surface area contributed by atoms with Crippen LogP contribution in [0.5, 0.6) is 0 Å². The SMILES string of the molecule is Cc1ccc(SCCC(=O)N(C)CCO)cc1. The predicted molar refractivity (Wildman–Crippen MR) is 71.2 cm³/mol. The summed E-state index contributed by atoms with van der Waals surface area (Å²) in [4.78, 5) is 14.3. The summed E-state index contributed by atoms with van der Waals surface area (Å²) in [5.74, 6) is 0.858. The number of aliphatic hydroxyl groups excluding tert-OH is 1. The molecule has 94 valence electrons. The third-order valence-corrected chi connectivity index (χ3v) is 3.48. The fourth-order valence-electron chi connectivity index (χ4n) is 1.36. The first-order chi connectivity index (χ1) is 8.13. The van der Waals surface area contributed by atoms with E-state index < -0.39 is 0 Å². The Morgan fingerprint density at radius 3 is 2.59 bits per heavy atom. The Morgan fingerprint density at radius 1 is 1.35 bits per heavy atom. The largest absolute Gasteiger partial charge is 0.395 e. The summed E-state index contributed by atoms with van der Waals surface area (Å²) in [6.45, 7) is 2.49. The van der Waals surface area contributed by atoms with Crippen molar-refractivity contribution in [3.8, 4) is 0 Å². The standard InChI is InChI=1S/C13H19NO2S/c1-11-3-5-12(6-4-11)17-10-7-13(16)14(2)8-9-15/h3-6,15H,7-10H2,1-2H3. The van der Waals surface area contributed by atoms with E-state index in [0.29, 0.717) is 13.0 Å². The minimum Gasteiger partial charge on any atom is -0.395 e. The van der Waals surface area contributed by atoms with Gasteiger partial charge < -0.3 is 10.0 Å². The third kappa shape index (κ3) is 5.24. The zero-order valence-corrected chi connectivity index (χ0v) is 11.2. The van der Waals surface area contributed by atoms with E-state index in [2.05, 4.69) is 31.2 Å². The lowest BCUT2D eigenvalue weighted by atomic mass is 10.2. The number of likely N-dealkylation sites (N-methyl/N-ethyl adjacent to an activating group) is 1. The monoisotopic (exact) mass is 253 g/mol. The van der Waals surface area contributed by atoms with Crippen LogP contribution in [-0.2, 0) is 4.79 Å². The minimum absolute atomic E-state index is 0.0212. The number of amides is 1. The highest BCUT2D eigenvalue weighted by Gasteiger charge is 2.07. The van der Waals surface area contributed by atoms with Gasteiger partial charge in [0, 0.05) is 30.7 Å². The molecule has 0 heterocycles. The van der Waals surface area contributed by atoms with Crippen molar-refractivity contribution in [2.24, 2.45) is 0 Å². The van der Waals surface area contributed by atoms with Gasteiger partial charge in [0.15, 0.2) is 0 Å². The van der Waals surface area contributed by atoms with Crippen LogP contribution in [0.15, 0.2) is 29.2 Å². The van der Waals surface area contributed by atoms with E-state index in [9.17, 15) is 4.79 Å². The van der Waals surface area contributed by atoms with Crippen molar-refractivity contribution in [3.05, 3.63) is 29.8 Å². The lowest BCUT2D eigenvalue weighted by molar-refractivity contribution is -0.129. The number of aryl methyl sites for hydroxylation is 1. The Hall–Kier alpha value is -1.00. The number of benzene rings is 1. The second kappa shape index (κ2) is 7.35. The number of thioether (sulfide) groups is 1. The number of rotatable bonds is 6. The number of aliphatic hydroxyl groups is 1. The minimum atomic E-state index is 0.0212. The molecule has 1 N–H and O–H groups in total. The summed E-state index contributed by atoms with van der Waals surface area (Å²) in [6, 6.07) is 8.29. The van der Waals surface area contributed by atoms with Crippen molar-refractivity contribution in [1.82, 2.24) is 4.90 Å². The molecule has 0 radical (unpaired) electrons. The van der Waals surface area contributed by atoms with Crippen molar-refractivity contribution in [2.75, 3.05) is 26.0 Å². The zero-order chi connectivity index (χ0) is 12.7. The van der Waals surface area contributed by atoms with Gasteiger partial charge in [-0.15, -0.1) is 11.8 Å². The first-order valence-corrected chi connectivity index (χ1v) is 6.66. The molecule has 1 aromatic rings. The van der Waals surface area contributed by atoms with Crippen LogP contribution in [0.25, 0.3) is 0 Å². The van der Waals surface area contributed by atoms with E-state index in [0.717, 1.165) is 5.75 Å². The van der Waals surface area contributed by atoms with Crippen molar-refractivity contribution in [2.45, 2.75) is 18.2 Å². The van der Waals surface area contributed by atoms with E-state index in [4.69, 9.17) is 5.11 Å². The van der Waals surface area contributed by atoms with Gasteiger partial charge in [0.05, 0.1) is 6.61 Å². The predicted octanol–water partition coefficient (Wildman–Crippen LogP) is 1.93. The third-order valence-electron chi connectivity index (χ3n) is 2.47. The summed E-state index contributed by atoms with van der Waals surface area (Å²) >= 11 is 1.68. The Bertz CT molecular complexity index is 351. The first kappa shape index (κ1) is 14.1. The molecule has 0 atom stereocenters. The highest BCUT2D eigenvalue weighted by Crippen LogP contribution is 2.19. The molecular weight excluding hydrogens is 234 g/mol. The van der Waals surface area contributed by atoms with Crippen LogP contribution >= 0.6 is 11.8 Å². The molecule has 0 bridgehead atoms. The Labute approximate surface area is 107 Å². The van der Waals surface area contributed by atoms with Crippen LogP contribution < -0.4 is 0 Å². The summed E-state index contributed by atoms with van der Waals surface area (Å²) in [6.07, 6.45) is 0.509. The number of hydrogen-bond acceptors (Lipinski definition) is 3. The van der Waals surface area contributed by atoms with Gasteiger partial charge in [-0.2, -0.15) is 0 Å². The second-order valence-electron chi connectivity index (χ2n) is 3.95. The van der Waals surface area contributed by atoms with E-state index in [1.54, 1.807) is 23.7 Å². The second-order valence-corrected chi connectivity index (χ2v) is 5.12. The van der Waals surface area contributed by atoms with Crippen molar-refractivity contribution < 1.29 is 9.90 Å². The van der Waals surface area contributed by atoms with E-state index in [1.165, 1.54) is 10.5 Å². The molecule has 0 aliphatic rings. The van der Waals surface area contributed by atoms with Crippen molar-refractivity contribution >= 4 is 17.7 Å². The molecule has 0 saturated heterocycles. The molecule has 17 heavy (non-hydrogen) atoms. The molecule has 0 aliphatic heterocycles. The fraction of sp³-hybridized carbons (Fsp3) is 0.462. The molecule has 3 nitrogen and oxygen atoms in total. The van der Waals surface area contributed by atoms with Gasteiger partial charge in [-0.3, -0.25) is 4.79 Å². The van der Waals surface area contributed by atoms with Crippen molar-refractivity contribution in [1.29, 1.82) is 0 Å². The van der Waals surface area contributed by atoms with Crippen LogP contribution in [0, 0.1) is 6.92 Å². The van der Waals surface area contributed by atoms with Gasteiger partial charge in [-0.05, 0) is 19.1 Å². The van der Waals surface area contributed by atoms with Crippen LogP contribution in [-0.4, -0.2) is 41.9 Å². The molecule has 1 rings (SSSR count). The summed E-state index contributed by atoms with van der Waals surface area (Å²) in [7, 11) is 1.72. The summed E-state index contributed by atoms with van der Waals surface area (Å²) in [5.41, 5.74) is 1.24. The van der Waals surface area contributed by atoms with Crippen LogP contribution in [0.4, 0.5) is 0 Å². The fourth-order valence-corrected chi connectivity index (χ4v) is 2.20. The number of hydrogen-bond donors (Lipinski definition) is 1. The Morgan fingerprint density at radius 2 is 2.00 bits per heavy atom. The topological polar surface area (TPSA) is 40.5 Å². The van der Waals surface area contributed by atoms with Gasteiger partial charge in [-0.25, -0.2) is 0 Å². The summed E-state index contributed by atoms with van der Waals surface area (Å²) in [5, 5.41) is 8.72. The lowest BCUT2D eigenvalue weighted by Crippen LogP contribution is -2.29. The lowest BCUT2D eigenvalue weighted by Gasteiger charge is -2.15. The van der Waals surface area contributed by atoms with Gasteiger partial charge in [0.25, 0.3) is 0 Å². The maximum atomic E-state index is 11.6. The Balaban J connectivity index is 2.28. The van der Waals surface area contributed by atoms with Crippen LogP contribution in [0.1, 0.15) is 12.0 Å². The number of carbonyl (C=O) groups excluding carboxylic acids is 1. The van der Waals surface area contributed by atoms with E-state index in [-0.39, 0.29) is 12.5 Å². The number of carbonyl (C=O) groups is 1.